The van der Waals surface area contributed by atoms with Gasteiger partial charge in [-0.2, -0.15) is 0 Å². The van der Waals surface area contributed by atoms with Gasteiger partial charge in [-0.3, -0.25) is 4.57 Å². The standard InChI is InChI=1S/C18H17ClF2N4O3S/c1-3-25-17(22-23-18(25)28-14-7-5-13(20)6-8-14)11(2)24-29(26,27)16-10-12(19)4-9-15(16)21/h4-11,24H,3H2,1-2H3/t11-/m1/s1. The Morgan fingerprint density at radius 2 is 1.86 bits per heavy atom. The highest BCUT2D eigenvalue weighted by Gasteiger charge is 2.26. The lowest BCUT2D eigenvalue weighted by Gasteiger charge is -2.15. The lowest BCUT2D eigenvalue weighted by molar-refractivity contribution is 0.407. The van der Waals surface area contributed by atoms with Gasteiger partial charge >= 0.3 is 6.01 Å². The molecule has 3 rings (SSSR count). The Bertz CT molecular complexity index is 1120. The molecule has 11 heteroatoms. The summed E-state index contributed by atoms with van der Waals surface area (Å²) >= 11 is 5.79. The second-order valence-corrected chi connectivity index (χ2v) is 8.18. The van der Waals surface area contributed by atoms with E-state index in [4.69, 9.17) is 16.3 Å². The first kappa shape index (κ1) is 21.2. The topological polar surface area (TPSA) is 86.1 Å². The van der Waals surface area contributed by atoms with Crippen LogP contribution in [0, 0.1) is 11.6 Å². The summed E-state index contributed by atoms with van der Waals surface area (Å²) < 4.78 is 61.7. The Hall–Kier alpha value is -2.56. The predicted octanol–water partition coefficient (Wildman–Crippen LogP) is 4.06. The first-order chi connectivity index (χ1) is 13.7. The fraction of sp³-hybridized carbons (Fsp3) is 0.222. The van der Waals surface area contributed by atoms with Gasteiger partial charge in [0.2, 0.25) is 10.0 Å². The third kappa shape index (κ3) is 4.72. The lowest BCUT2D eigenvalue weighted by Crippen LogP contribution is -2.29. The Labute approximate surface area is 171 Å². The Morgan fingerprint density at radius 3 is 2.52 bits per heavy atom. The maximum absolute atomic E-state index is 14.0. The van der Waals surface area contributed by atoms with Crippen LogP contribution in [-0.4, -0.2) is 23.2 Å². The minimum Gasteiger partial charge on any atom is -0.424 e. The molecule has 0 aliphatic heterocycles. The van der Waals surface area contributed by atoms with Crippen LogP contribution in [0.5, 0.6) is 11.8 Å². The predicted molar refractivity (Wildman–Crippen MR) is 102 cm³/mol. The lowest BCUT2D eigenvalue weighted by atomic mass is 10.3. The number of sulfonamides is 1. The molecule has 0 aliphatic rings. The minimum atomic E-state index is -4.21. The van der Waals surface area contributed by atoms with E-state index in [1.54, 1.807) is 11.5 Å². The van der Waals surface area contributed by atoms with Crippen molar-refractivity contribution in [3.63, 3.8) is 0 Å². The highest BCUT2D eigenvalue weighted by molar-refractivity contribution is 7.89. The number of benzene rings is 2. The average Bonchev–Trinajstić information content (AvgIpc) is 3.08. The Kier molecular flexibility index (Phi) is 6.15. The summed E-state index contributed by atoms with van der Waals surface area (Å²) in [5.41, 5.74) is 0. The monoisotopic (exact) mass is 442 g/mol. The van der Waals surface area contributed by atoms with Crippen LogP contribution in [-0.2, 0) is 16.6 Å². The van der Waals surface area contributed by atoms with E-state index in [1.165, 1.54) is 37.3 Å². The molecule has 1 atom stereocenters. The fourth-order valence-corrected chi connectivity index (χ4v) is 4.17. The molecule has 29 heavy (non-hydrogen) atoms. The Morgan fingerprint density at radius 1 is 1.17 bits per heavy atom. The molecule has 0 bridgehead atoms. The van der Waals surface area contributed by atoms with E-state index in [9.17, 15) is 17.2 Å². The molecule has 0 saturated heterocycles. The summed E-state index contributed by atoms with van der Waals surface area (Å²) in [6.07, 6.45) is 0. The number of halogens is 3. The summed E-state index contributed by atoms with van der Waals surface area (Å²) in [4.78, 5) is -0.567. The molecule has 0 radical (unpaired) electrons. The number of nitrogens with zero attached hydrogens (tertiary/aromatic N) is 3. The zero-order valence-electron chi connectivity index (χ0n) is 15.4. The molecule has 0 saturated carbocycles. The van der Waals surface area contributed by atoms with E-state index in [0.717, 1.165) is 12.1 Å². The normalized spacial score (nSPS) is 12.7. The quantitative estimate of drug-likeness (QED) is 0.596. The first-order valence-electron chi connectivity index (χ1n) is 8.55. The zero-order chi connectivity index (χ0) is 21.2. The number of hydrogen-bond acceptors (Lipinski definition) is 5. The van der Waals surface area contributed by atoms with E-state index < -0.39 is 32.6 Å². The van der Waals surface area contributed by atoms with Crippen molar-refractivity contribution in [1.29, 1.82) is 0 Å². The molecule has 1 heterocycles. The van der Waals surface area contributed by atoms with Crippen molar-refractivity contribution < 1.29 is 21.9 Å². The zero-order valence-corrected chi connectivity index (χ0v) is 17.0. The summed E-state index contributed by atoms with van der Waals surface area (Å²) in [6.45, 7) is 3.70. The van der Waals surface area contributed by atoms with Gasteiger partial charge in [0.05, 0.1) is 6.04 Å². The SMILES string of the molecule is CCn1c(Oc2ccc(F)cc2)nnc1[C@@H](C)NS(=O)(=O)c1cc(Cl)ccc1F. The molecule has 0 amide bonds. The van der Waals surface area contributed by atoms with Crippen molar-refractivity contribution in [2.45, 2.75) is 31.3 Å². The molecule has 0 aliphatic carbocycles. The van der Waals surface area contributed by atoms with E-state index in [-0.39, 0.29) is 16.9 Å². The molecule has 1 N–H and O–H groups in total. The summed E-state index contributed by atoms with van der Waals surface area (Å²) in [6, 6.07) is 7.84. The molecule has 7 nitrogen and oxygen atoms in total. The van der Waals surface area contributed by atoms with E-state index >= 15 is 0 Å². The van der Waals surface area contributed by atoms with Crippen molar-refractivity contribution in [3.8, 4) is 11.8 Å². The van der Waals surface area contributed by atoms with Crippen LogP contribution in [0.1, 0.15) is 25.7 Å². The summed E-state index contributed by atoms with van der Waals surface area (Å²) in [5, 5.41) is 8.00. The minimum absolute atomic E-state index is 0.0890. The van der Waals surface area contributed by atoms with Gasteiger partial charge in [-0.15, -0.1) is 5.10 Å². The van der Waals surface area contributed by atoms with Gasteiger partial charge in [-0.1, -0.05) is 16.7 Å². The van der Waals surface area contributed by atoms with Crippen LogP contribution in [0.15, 0.2) is 47.4 Å². The third-order valence-electron chi connectivity index (χ3n) is 3.99. The van der Waals surface area contributed by atoms with Crippen LogP contribution in [0.2, 0.25) is 5.02 Å². The second-order valence-electron chi connectivity index (χ2n) is 6.06. The average molecular weight is 443 g/mol. The van der Waals surface area contributed by atoms with Crippen molar-refractivity contribution in [1.82, 2.24) is 19.5 Å². The maximum Gasteiger partial charge on any atom is 0.322 e. The van der Waals surface area contributed by atoms with E-state index in [1.807, 2.05) is 0 Å². The smallest absolute Gasteiger partial charge is 0.322 e. The highest BCUT2D eigenvalue weighted by atomic mass is 35.5. The highest BCUT2D eigenvalue weighted by Crippen LogP contribution is 2.25. The second kappa shape index (κ2) is 8.44. The van der Waals surface area contributed by atoms with Gasteiger partial charge in [0.25, 0.3) is 0 Å². The molecule has 3 aromatic rings. The van der Waals surface area contributed by atoms with Gasteiger partial charge in [0, 0.05) is 11.6 Å². The van der Waals surface area contributed by atoms with E-state index in [0.29, 0.717) is 12.3 Å². The van der Waals surface area contributed by atoms with Crippen molar-refractivity contribution in [2.24, 2.45) is 0 Å². The van der Waals surface area contributed by atoms with Crippen LogP contribution >= 0.6 is 11.6 Å². The molecule has 154 valence electrons. The number of nitrogens with one attached hydrogen (secondary N) is 1. The van der Waals surface area contributed by atoms with E-state index in [2.05, 4.69) is 14.9 Å². The number of hydrogen-bond donors (Lipinski definition) is 1. The molecular formula is C18H17ClF2N4O3S. The number of ether oxygens (including phenoxy) is 1. The molecule has 0 fully saturated rings. The van der Waals surface area contributed by atoms with Gasteiger partial charge < -0.3 is 4.74 Å². The maximum atomic E-state index is 14.0. The van der Waals surface area contributed by atoms with Gasteiger partial charge in [0.1, 0.15) is 22.3 Å². The van der Waals surface area contributed by atoms with Crippen molar-refractivity contribution in [3.05, 3.63) is 64.9 Å². The van der Waals surface area contributed by atoms with Crippen LogP contribution in [0.25, 0.3) is 0 Å². The molecule has 0 unspecified atom stereocenters. The summed E-state index contributed by atoms with van der Waals surface area (Å²) in [5.74, 6) is -0.734. The first-order valence-corrected chi connectivity index (χ1v) is 10.4. The number of rotatable bonds is 7. The number of aromatic nitrogens is 3. The largest absolute Gasteiger partial charge is 0.424 e. The third-order valence-corrected chi connectivity index (χ3v) is 5.78. The molecule has 0 spiro atoms. The van der Waals surface area contributed by atoms with Crippen molar-refractivity contribution in [2.75, 3.05) is 0 Å². The molecular weight excluding hydrogens is 426 g/mol. The van der Waals surface area contributed by atoms with Crippen LogP contribution in [0.4, 0.5) is 8.78 Å². The fourth-order valence-electron chi connectivity index (χ4n) is 2.63. The molecule has 1 aromatic heterocycles. The van der Waals surface area contributed by atoms with Crippen LogP contribution in [0.3, 0.4) is 0 Å². The summed E-state index contributed by atoms with van der Waals surface area (Å²) in [7, 11) is -4.21. The van der Waals surface area contributed by atoms with Crippen LogP contribution < -0.4 is 9.46 Å². The van der Waals surface area contributed by atoms with Crippen molar-refractivity contribution >= 4 is 21.6 Å². The van der Waals surface area contributed by atoms with Gasteiger partial charge in [-0.25, -0.2) is 21.9 Å². The van der Waals surface area contributed by atoms with Gasteiger partial charge in [-0.05, 0) is 56.3 Å². The van der Waals surface area contributed by atoms with Gasteiger partial charge in [0.15, 0.2) is 5.82 Å². The molecule has 2 aromatic carbocycles. The Balaban J connectivity index is 1.85.